The quantitative estimate of drug-likeness (QED) is 0.0261. The lowest BCUT2D eigenvalue weighted by Crippen LogP contribution is -2.30. The zero-order valence-electron chi connectivity index (χ0n) is 46.6. The first-order chi connectivity index (χ1) is 36.0. The van der Waals surface area contributed by atoms with Crippen LogP contribution >= 0.6 is 0 Å². The van der Waals surface area contributed by atoms with Gasteiger partial charge in [0, 0.05) is 12.8 Å². The van der Waals surface area contributed by atoms with Crippen molar-refractivity contribution in [3.63, 3.8) is 0 Å². The van der Waals surface area contributed by atoms with Crippen LogP contribution in [0.25, 0.3) is 0 Å². The Labute approximate surface area is 448 Å². The number of carbonyl (C=O) groups is 3. The van der Waals surface area contributed by atoms with Gasteiger partial charge in [0.05, 0.1) is 6.42 Å². The molecule has 0 aliphatic heterocycles. The molecule has 0 spiro atoms. The minimum Gasteiger partial charge on any atom is -0.462 e. The van der Waals surface area contributed by atoms with Crippen LogP contribution in [0.2, 0.25) is 0 Å². The van der Waals surface area contributed by atoms with E-state index in [1.807, 2.05) is 6.08 Å². The fourth-order valence-electron chi connectivity index (χ4n) is 7.25. The largest absolute Gasteiger partial charge is 0.462 e. The lowest BCUT2D eigenvalue weighted by molar-refractivity contribution is -0.166. The number of allylic oxidation sites excluding steroid dienone is 25. The maximum atomic E-state index is 12.9. The van der Waals surface area contributed by atoms with Gasteiger partial charge in [-0.2, -0.15) is 0 Å². The maximum absolute atomic E-state index is 12.9. The minimum atomic E-state index is -0.842. The van der Waals surface area contributed by atoms with Crippen LogP contribution in [-0.2, 0) is 28.6 Å². The molecule has 0 saturated heterocycles. The molecule has 408 valence electrons. The van der Waals surface area contributed by atoms with E-state index >= 15 is 0 Å². The minimum absolute atomic E-state index is 0.112. The van der Waals surface area contributed by atoms with Crippen molar-refractivity contribution in [1.82, 2.24) is 0 Å². The second kappa shape index (κ2) is 59.6. The van der Waals surface area contributed by atoms with E-state index in [4.69, 9.17) is 14.2 Å². The van der Waals surface area contributed by atoms with Crippen LogP contribution in [0.4, 0.5) is 0 Å². The highest BCUT2D eigenvalue weighted by Crippen LogP contribution is 2.13. The molecule has 0 amide bonds. The maximum Gasteiger partial charge on any atom is 0.309 e. The Morgan fingerprint density at radius 3 is 0.959 bits per heavy atom. The fourth-order valence-corrected chi connectivity index (χ4v) is 7.25. The van der Waals surface area contributed by atoms with E-state index in [2.05, 4.69) is 167 Å². The van der Waals surface area contributed by atoms with Crippen molar-refractivity contribution in [2.75, 3.05) is 13.2 Å². The first-order valence-corrected chi connectivity index (χ1v) is 29.0. The van der Waals surface area contributed by atoms with Crippen LogP contribution in [0.1, 0.15) is 226 Å². The van der Waals surface area contributed by atoms with Crippen molar-refractivity contribution in [3.8, 4) is 0 Å². The van der Waals surface area contributed by atoms with Crippen molar-refractivity contribution < 1.29 is 28.6 Å². The first kappa shape index (κ1) is 68.0. The van der Waals surface area contributed by atoms with Crippen molar-refractivity contribution in [1.29, 1.82) is 0 Å². The average molecular weight is 1010 g/mol. The number of esters is 3. The molecule has 0 fully saturated rings. The molecule has 6 nitrogen and oxygen atoms in total. The van der Waals surface area contributed by atoms with Crippen LogP contribution in [0.15, 0.2) is 158 Å². The van der Waals surface area contributed by atoms with E-state index in [0.29, 0.717) is 6.42 Å². The summed E-state index contributed by atoms with van der Waals surface area (Å²) in [6.45, 7) is 6.25. The summed E-state index contributed by atoms with van der Waals surface area (Å²) in [5, 5.41) is 0. The molecule has 0 radical (unpaired) electrons. The highest BCUT2D eigenvalue weighted by atomic mass is 16.6. The smallest absolute Gasteiger partial charge is 0.309 e. The Kier molecular flexibility index (Phi) is 55.5. The summed E-state index contributed by atoms with van der Waals surface area (Å²) in [5.41, 5.74) is 0. The van der Waals surface area contributed by atoms with Gasteiger partial charge in [-0.1, -0.05) is 237 Å². The second-order valence-corrected chi connectivity index (χ2v) is 18.4. The summed E-state index contributed by atoms with van der Waals surface area (Å²) in [6.07, 6.45) is 86.8. The molecule has 0 aromatic carbocycles. The van der Waals surface area contributed by atoms with Crippen molar-refractivity contribution in [3.05, 3.63) is 158 Å². The monoisotopic (exact) mass is 1000 g/mol. The summed E-state index contributed by atoms with van der Waals surface area (Å²) in [4.78, 5) is 38.1. The molecule has 0 aromatic heterocycles. The molecule has 73 heavy (non-hydrogen) atoms. The zero-order valence-corrected chi connectivity index (χ0v) is 46.6. The number of hydrogen-bond donors (Lipinski definition) is 0. The fraction of sp³-hybridized carbons (Fsp3) is 0.567. The zero-order chi connectivity index (χ0) is 52.9. The topological polar surface area (TPSA) is 78.9 Å². The summed E-state index contributed by atoms with van der Waals surface area (Å²) in [7, 11) is 0. The number of hydrogen-bond acceptors (Lipinski definition) is 6. The Morgan fingerprint density at radius 2 is 0.589 bits per heavy atom. The lowest BCUT2D eigenvalue weighted by Gasteiger charge is -2.18. The number of rotatable bonds is 50. The Bertz CT molecular complexity index is 1670. The van der Waals surface area contributed by atoms with Gasteiger partial charge in [0.25, 0.3) is 0 Å². The third-order valence-electron chi connectivity index (χ3n) is 11.5. The number of unbranched alkanes of at least 4 members (excludes halogenated alkanes) is 14. The molecule has 0 N–H and O–H groups in total. The molecule has 6 heteroatoms. The van der Waals surface area contributed by atoms with Crippen LogP contribution < -0.4 is 0 Å². The van der Waals surface area contributed by atoms with E-state index in [-0.39, 0.29) is 38.0 Å². The van der Waals surface area contributed by atoms with Gasteiger partial charge >= 0.3 is 17.9 Å². The molecular formula is C67H104O6. The Morgan fingerprint density at radius 1 is 0.301 bits per heavy atom. The van der Waals surface area contributed by atoms with Gasteiger partial charge in [-0.25, -0.2) is 0 Å². The Balaban J connectivity index is 4.57. The van der Waals surface area contributed by atoms with E-state index in [0.717, 1.165) is 148 Å². The predicted molar refractivity (Wildman–Crippen MR) is 315 cm³/mol. The Hall–Kier alpha value is -4.97. The van der Waals surface area contributed by atoms with E-state index in [1.165, 1.54) is 38.5 Å². The van der Waals surface area contributed by atoms with Crippen LogP contribution in [0.5, 0.6) is 0 Å². The molecule has 0 heterocycles. The summed E-state index contributed by atoms with van der Waals surface area (Å²) in [6, 6.07) is 0. The van der Waals surface area contributed by atoms with Crippen molar-refractivity contribution in [2.24, 2.45) is 0 Å². The van der Waals surface area contributed by atoms with Crippen molar-refractivity contribution in [2.45, 2.75) is 232 Å². The number of ether oxygens (including phenoxy) is 3. The van der Waals surface area contributed by atoms with Gasteiger partial charge in [0.1, 0.15) is 13.2 Å². The van der Waals surface area contributed by atoms with Crippen molar-refractivity contribution >= 4 is 17.9 Å². The van der Waals surface area contributed by atoms with Gasteiger partial charge in [0.15, 0.2) is 6.10 Å². The molecule has 0 aliphatic carbocycles. The standard InChI is InChI=1S/C67H104O6/c1-4-7-10-13-16-19-22-25-28-30-32-33-35-36-39-42-45-48-51-54-57-60-66(69)72-63-64(62-71-65(68)59-56-53-50-47-44-41-38-27-24-21-18-15-12-9-6-3)73-67(70)61-58-55-52-49-46-43-40-37-34-31-29-26-23-20-17-14-11-8-5-2/h7,9-10,12,16-21,25-29,32-34,36-39,44,47,53,56,64H,4-6,8,11,13-15,22-24,30-31,35,40-43,45-46,48-52,54-55,57-63H2,1-3H3/b10-7-,12-9-,19-16-,20-17-,21-18-,28-25-,29-26-,33-32-,37-34-,38-27-,39-36-,47-44-,56-53-. The number of carbonyl (C=O) groups excluding carboxylic acids is 3. The lowest BCUT2D eigenvalue weighted by atomic mass is 10.1. The molecule has 0 aliphatic rings. The average Bonchev–Trinajstić information content (AvgIpc) is 3.39. The summed E-state index contributed by atoms with van der Waals surface area (Å²) < 4.78 is 16.7. The highest BCUT2D eigenvalue weighted by molar-refractivity contribution is 5.72. The van der Waals surface area contributed by atoms with E-state index in [9.17, 15) is 14.4 Å². The van der Waals surface area contributed by atoms with Crippen LogP contribution in [0, 0.1) is 0 Å². The summed E-state index contributed by atoms with van der Waals surface area (Å²) in [5.74, 6) is -1.10. The molecule has 0 saturated carbocycles. The molecule has 0 aromatic rings. The van der Waals surface area contributed by atoms with Crippen LogP contribution in [-0.4, -0.2) is 37.2 Å². The SMILES string of the molecule is CC/C=C\C/C=C\C/C=C\C/C=C\C/C=C\CCCCCCCC(=O)OCC(COC(=O)C/C=C\C/C=C\C/C=C\C/C=C\C/C=C\CC)OC(=O)CCCCCCCC/C=C\C/C=C\C/C=C\CCCCC. The normalized spacial score (nSPS) is 13.3. The summed E-state index contributed by atoms with van der Waals surface area (Å²) >= 11 is 0. The third kappa shape index (κ3) is 57.8. The molecule has 1 atom stereocenters. The van der Waals surface area contributed by atoms with E-state index in [1.54, 1.807) is 6.08 Å². The molecular weight excluding hydrogens is 901 g/mol. The van der Waals surface area contributed by atoms with Gasteiger partial charge in [-0.15, -0.1) is 0 Å². The van der Waals surface area contributed by atoms with Gasteiger partial charge < -0.3 is 14.2 Å². The van der Waals surface area contributed by atoms with E-state index < -0.39 is 12.1 Å². The van der Waals surface area contributed by atoms with Gasteiger partial charge in [-0.3, -0.25) is 14.4 Å². The third-order valence-corrected chi connectivity index (χ3v) is 11.5. The molecule has 0 rings (SSSR count). The predicted octanol–water partition coefficient (Wildman–Crippen LogP) is 19.8. The van der Waals surface area contributed by atoms with Gasteiger partial charge in [-0.05, 0) is 128 Å². The van der Waals surface area contributed by atoms with Gasteiger partial charge in [0.2, 0.25) is 0 Å². The first-order valence-electron chi connectivity index (χ1n) is 29.0. The highest BCUT2D eigenvalue weighted by Gasteiger charge is 2.19. The van der Waals surface area contributed by atoms with Crippen LogP contribution in [0.3, 0.4) is 0 Å². The second-order valence-electron chi connectivity index (χ2n) is 18.4. The molecule has 1 unspecified atom stereocenters. The molecule has 0 bridgehead atoms.